The monoisotopic (exact) mass is 218 g/mol. The summed E-state index contributed by atoms with van der Waals surface area (Å²) in [5.41, 5.74) is 0.349. The number of rotatable bonds is 1. The molecular weight excluding hydrogens is 195 g/mol. The van der Waals surface area contributed by atoms with E-state index in [0.717, 1.165) is 13.2 Å². The van der Waals surface area contributed by atoms with Crippen molar-refractivity contribution >= 4 is 8.45 Å². The molecule has 0 N–H and O–H groups in total. The van der Waals surface area contributed by atoms with E-state index in [-0.39, 0.29) is 0 Å². The maximum absolute atomic E-state index is 5.91. The van der Waals surface area contributed by atoms with Crippen LogP contribution in [0, 0.1) is 11.3 Å². The molecule has 1 aliphatic rings. The van der Waals surface area contributed by atoms with Crippen LogP contribution >= 0.6 is 8.45 Å². The fraction of sp³-hybridized carbons (Fsp3) is 1.00. The van der Waals surface area contributed by atoms with Gasteiger partial charge in [-0.3, -0.25) is 4.67 Å². The molecule has 0 spiro atoms. The summed E-state index contributed by atoms with van der Waals surface area (Å²) >= 11 is 0. The van der Waals surface area contributed by atoms with Crippen LogP contribution in [0.1, 0.15) is 20.8 Å². The van der Waals surface area contributed by atoms with Crippen LogP contribution < -0.4 is 0 Å². The maximum Gasteiger partial charge on any atom is 0.187 e. The van der Waals surface area contributed by atoms with Crippen molar-refractivity contribution in [1.82, 2.24) is 9.34 Å². The van der Waals surface area contributed by atoms with Gasteiger partial charge >= 0.3 is 0 Å². The second kappa shape index (κ2) is 4.44. The molecule has 1 aliphatic heterocycles. The van der Waals surface area contributed by atoms with Crippen LogP contribution in [0.3, 0.4) is 0 Å². The Labute approximate surface area is 89.3 Å². The zero-order chi connectivity index (χ0) is 10.9. The van der Waals surface area contributed by atoms with E-state index in [4.69, 9.17) is 4.52 Å². The molecular formula is C10H23N2OP. The summed E-state index contributed by atoms with van der Waals surface area (Å²) in [5, 5.41) is 0. The van der Waals surface area contributed by atoms with Gasteiger partial charge in [0.05, 0.1) is 6.61 Å². The predicted octanol–water partition coefficient (Wildman–Crippen LogP) is 2.40. The lowest BCUT2D eigenvalue weighted by Gasteiger charge is -2.43. The van der Waals surface area contributed by atoms with Crippen LogP contribution in [0.4, 0.5) is 0 Å². The summed E-state index contributed by atoms with van der Waals surface area (Å²) in [6.45, 7) is 8.92. The van der Waals surface area contributed by atoms with E-state index >= 15 is 0 Å². The topological polar surface area (TPSA) is 15.7 Å². The third-order valence-corrected chi connectivity index (χ3v) is 4.55. The molecule has 1 heterocycles. The lowest BCUT2D eigenvalue weighted by atomic mass is 9.81. The van der Waals surface area contributed by atoms with Crippen LogP contribution in [0.5, 0.6) is 0 Å². The molecule has 0 bridgehead atoms. The Balaban J connectivity index is 2.55. The van der Waals surface area contributed by atoms with Gasteiger partial charge in [-0.05, 0) is 26.6 Å². The molecule has 0 aromatic heterocycles. The normalized spacial score (nSPS) is 31.1. The van der Waals surface area contributed by atoms with Crippen molar-refractivity contribution in [1.29, 1.82) is 0 Å². The van der Waals surface area contributed by atoms with Crippen molar-refractivity contribution in [2.45, 2.75) is 20.8 Å². The Morgan fingerprint density at radius 2 is 1.93 bits per heavy atom. The van der Waals surface area contributed by atoms with E-state index in [1.165, 1.54) is 0 Å². The van der Waals surface area contributed by atoms with Gasteiger partial charge in [0.1, 0.15) is 0 Å². The first-order valence-corrected chi connectivity index (χ1v) is 6.30. The highest BCUT2D eigenvalue weighted by molar-refractivity contribution is 7.47. The van der Waals surface area contributed by atoms with Gasteiger partial charge in [0.25, 0.3) is 0 Å². The fourth-order valence-corrected chi connectivity index (χ4v) is 3.33. The first kappa shape index (κ1) is 12.4. The molecule has 84 valence electrons. The van der Waals surface area contributed by atoms with Crippen LogP contribution in [0.2, 0.25) is 0 Å². The van der Waals surface area contributed by atoms with Gasteiger partial charge in [-0.1, -0.05) is 20.8 Å². The third-order valence-electron chi connectivity index (χ3n) is 2.73. The molecule has 1 rings (SSSR count). The fourth-order valence-electron chi connectivity index (χ4n) is 1.64. The number of hydrogen-bond acceptors (Lipinski definition) is 3. The van der Waals surface area contributed by atoms with E-state index in [2.05, 4.69) is 51.3 Å². The first-order valence-electron chi connectivity index (χ1n) is 5.13. The lowest BCUT2D eigenvalue weighted by molar-refractivity contribution is 0.0939. The van der Waals surface area contributed by atoms with Crippen molar-refractivity contribution < 1.29 is 4.52 Å². The average molecular weight is 218 g/mol. The summed E-state index contributed by atoms with van der Waals surface area (Å²) in [6, 6.07) is 0. The highest BCUT2D eigenvalue weighted by Crippen LogP contribution is 2.48. The van der Waals surface area contributed by atoms with E-state index in [9.17, 15) is 0 Å². The zero-order valence-corrected chi connectivity index (χ0v) is 11.1. The van der Waals surface area contributed by atoms with Crippen LogP contribution in [-0.2, 0) is 4.52 Å². The Kier molecular flexibility index (Phi) is 3.93. The average Bonchev–Trinajstić information content (AvgIpc) is 2.01. The summed E-state index contributed by atoms with van der Waals surface area (Å²) in [7, 11) is 5.82. The molecule has 2 atom stereocenters. The summed E-state index contributed by atoms with van der Waals surface area (Å²) < 4.78 is 10.4. The Morgan fingerprint density at radius 1 is 1.36 bits per heavy atom. The molecule has 0 aromatic rings. The van der Waals surface area contributed by atoms with Crippen molar-refractivity contribution in [2.75, 3.05) is 34.3 Å². The van der Waals surface area contributed by atoms with Gasteiger partial charge in [0.2, 0.25) is 0 Å². The largest absolute Gasteiger partial charge is 0.331 e. The Bertz CT molecular complexity index is 191. The van der Waals surface area contributed by atoms with Gasteiger partial charge < -0.3 is 4.52 Å². The smallest absolute Gasteiger partial charge is 0.187 e. The van der Waals surface area contributed by atoms with Crippen molar-refractivity contribution in [3.05, 3.63) is 0 Å². The first-order chi connectivity index (χ1) is 6.32. The molecule has 3 nitrogen and oxygen atoms in total. The van der Waals surface area contributed by atoms with Gasteiger partial charge in [-0.15, -0.1) is 0 Å². The molecule has 14 heavy (non-hydrogen) atoms. The standard InChI is InChI=1S/C10H23N2OP/c1-10(2,3)9-7-12(6)14(11(4)5)13-8-9/h9H,7-8H2,1-6H3/t9-,14+/m1/s1. The second-order valence-electron chi connectivity index (χ2n) is 5.30. The SMILES string of the molecule is CN(C)[P@]1OC[C@H](C(C)(C)C)CN1C. The molecule has 1 fully saturated rings. The molecule has 0 saturated carbocycles. The quantitative estimate of drug-likeness (QED) is 0.628. The van der Waals surface area contributed by atoms with E-state index in [1.807, 2.05) is 0 Å². The summed E-state index contributed by atoms with van der Waals surface area (Å²) in [6.07, 6.45) is 0. The van der Waals surface area contributed by atoms with Crippen molar-refractivity contribution in [3.63, 3.8) is 0 Å². The Morgan fingerprint density at radius 3 is 2.29 bits per heavy atom. The second-order valence-corrected chi connectivity index (χ2v) is 7.55. The predicted molar refractivity (Wildman–Crippen MR) is 62.1 cm³/mol. The van der Waals surface area contributed by atoms with E-state index in [1.54, 1.807) is 0 Å². The Hall–Kier alpha value is 0.310. The minimum atomic E-state index is -0.499. The van der Waals surface area contributed by atoms with Crippen molar-refractivity contribution in [3.8, 4) is 0 Å². The highest BCUT2D eigenvalue weighted by Gasteiger charge is 2.34. The number of nitrogens with zero attached hydrogens (tertiary/aromatic N) is 2. The molecule has 0 radical (unpaired) electrons. The van der Waals surface area contributed by atoms with Crippen molar-refractivity contribution in [2.24, 2.45) is 11.3 Å². The van der Waals surface area contributed by atoms with Gasteiger partial charge in [-0.2, -0.15) is 0 Å². The van der Waals surface area contributed by atoms with Gasteiger partial charge in [-0.25, -0.2) is 4.67 Å². The minimum Gasteiger partial charge on any atom is -0.331 e. The van der Waals surface area contributed by atoms with Crippen LogP contribution in [0.25, 0.3) is 0 Å². The van der Waals surface area contributed by atoms with Crippen LogP contribution in [0.15, 0.2) is 0 Å². The molecule has 1 saturated heterocycles. The van der Waals surface area contributed by atoms with E-state index in [0.29, 0.717) is 11.3 Å². The minimum absolute atomic E-state index is 0.349. The van der Waals surface area contributed by atoms with Gasteiger partial charge in [0, 0.05) is 12.5 Å². The zero-order valence-electron chi connectivity index (χ0n) is 10.2. The molecule has 0 amide bonds. The van der Waals surface area contributed by atoms with Gasteiger partial charge in [0.15, 0.2) is 8.45 Å². The molecule has 0 aliphatic carbocycles. The maximum atomic E-state index is 5.91. The molecule has 0 unspecified atom stereocenters. The van der Waals surface area contributed by atoms with Crippen LogP contribution in [-0.4, -0.2) is 43.6 Å². The molecule has 0 aromatic carbocycles. The number of hydrogen-bond donors (Lipinski definition) is 0. The summed E-state index contributed by atoms with van der Waals surface area (Å²) in [4.78, 5) is 0. The highest BCUT2D eigenvalue weighted by atomic mass is 31.2. The summed E-state index contributed by atoms with van der Waals surface area (Å²) in [5.74, 6) is 0.645. The molecule has 4 heteroatoms. The third kappa shape index (κ3) is 2.90. The lowest BCUT2D eigenvalue weighted by Crippen LogP contribution is -2.40. The van der Waals surface area contributed by atoms with E-state index < -0.39 is 8.45 Å².